The van der Waals surface area contributed by atoms with Crippen molar-refractivity contribution in [1.29, 1.82) is 0 Å². The highest BCUT2D eigenvalue weighted by atomic mass is 32.1. The van der Waals surface area contributed by atoms with Crippen LogP contribution in [-0.2, 0) is 5.41 Å². The first kappa shape index (κ1) is 30.2. The fourth-order valence-corrected chi connectivity index (χ4v) is 9.93. The maximum absolute atomic E-state index is 2.51. The van der Waals surface area contributed by atoms with E-state index < -0.39 is 0 Å². The van der Waals surface area contributed by atoms with Crippen LogP contribution >= 0.6 is 11.3 Å². The van der Waals surface area contributed by atoms with E-state index in [1.807, 2.05) is 11.3 Å². The van der Waals surface area contributed by atoms with E-state index in [2.05, 4.69) is 183 Å². The van der Waals surface area contributed by atoms with Crippen molar-refractivity contribution < 1.29 is 0 Å². The molecule has 10 rings (SSSR count). The summed E-state index contributed by atoms with van der Waals surface area (Å²) in [4.78, 5) is 2.51. The molecule has 2 heteroatoms. The summed E-state index contributed by atoms with van der Waals surface area (Å²) in [5.74, 6) is 0. The van der Waals surface area contributed by atoms with Gasteiger partial charge in [0.2, 0.25) is 0 Å². The number of thiophene rings is 1. The van der Waals surface area contributed by atoms with Crippen molar-refractivity contribution in [3.63, 3.8) is 0 Å². The molecule has 0 unspecified atom stereocenters. The van der Waals surface area contributed by atoms with Gasteiger partial charge in [0.05, 0.1) is 5.69 Å². The van der Waals surface area contributed by atoms with Crippen LogP contribution in [0.25, 0.3) is 58.8 Å². The minimum Gasteiger partial charge on any atom is -0.310 e. The lowest BCUT2D eigenvalue weighted by molar-refractivity contribution is 0.651. The van der Waals surface area contributed by atoms with E-state index >= 15 is 0 Å². The first-order valence-electron chi connectivity index (χ1n) is 18.0. The van der Waals surface area contributed by atoms with Gasteiger partial charge in [-0.15, -0.1) is 11.3 Å². The Balaban J connectivity index is 1.23. The fourth-order valence-electron chi connectivity index (χ4n) is 8.69. The van der Waals surface area contributed by atoms with E-state index in [-0.39, 0.29) is 5.41 Å². The lowest BCUT2D eigenvalue weighted by atomic mass is 9.80. The lowest BCUT2D eigenvalue weighted by Crippen LogP contribution is -2.18. The average Bonchev–Trinajstić information content (AvgIpc) is 3.67. The SMILES string of the molecule is CC1(C)C2=C(CCC=C2)c2ccc(N(c3cccc(-c4cccc5c4sc4ccccc45)c3)c3ccc4ccccc4c3-c3ccccc3)cc21. The van der Waals surface area contributed by atoms with Crippen molar-refractivity contribution in [3.8, 4) is 22.3 Å². The second-order valence-electron chi connectivity index (χ2n) is 14.4. The predicted molar refractivity (Wildman–Crippen MR) is 221 cm³/mol. The Morgan fingerprint density at radius 3 is 2.24 bits per heavy atom. The summed E-state index contributed by atoms with van der Waals surface area (Å²) >= 11 is 1.89. The molecule has 1 nitrogen and oxygen atoms in total. The second-order valence-corrected chi connectivity index (χ2v) is 15.5. The van der Waals surface area contributed by atoms with Crippen LogP contribution < -0.4 is 4.90 Å². The Hall–Kier alpha value is -5.70. The zero-order valence-corrected chi connectivity index (χ0v) is 29.7. The number of rotatable bonds is 5. The molecular weight excluding hydrogens is 635 g/mol. The highest BCUT2D eigenvalue weighted by molar-refractivity contribution is 7.26. The highest BCUT2D eigenvalue weighted by Crippen LogP contribution is 2.53. The normalized spacial score (nSPS) is 14.7. The zero-order chi connectivity index (χ0) is 34.1. The Kier molecular flexibility index (Phi) is 6.91. The third kappa shape index (κ3) is 4.74. The molecule has 7 aromatic carbocycles. The minimum atomic E-state index is -0.0619. The number of allylic oxidation sites excluding steroid dienone is 4. The maximum Gasteiger partial charge on any atom is 0.0546 e. The molecule has 2 aliphatic carbocycles. The van der Waals surface area contributed by atoms with E-state index in [0.29, 0.717) is 0 Å². The predicted octanol–water partition coefficient (Wildman–Crippen LogP) is 14.4. The minimum absolute atomic E-state index is 0.0619. The van der Waals surface area contributed by atoms with Gasteiger partial charge < -0.3 is 4.90 Å². The van der Waals surface area contributed by atoms with Gasteiger partial charge in [0, 0.05) is 42.5 Å². The van der Waals surface area contributed by atoms with E-state index in [9.17, 15) is 0 Å². The molecule has 51 heavy (non-hydrogen) atoms. The van der Waals surface area contributed by atoms with Gasteiger partial charge in [0.15, 0.2) is 0 Å². The van der Waals surface area contributed by atoms with Gasteiger partial charge in [-0.05, 0) is 99.0 Å². The standard InChI is InChI=1S/C49H37NS/c1-49(2)43-24-10-8-20-39(43)40-28-27-36(31-44(40)49)50(45-29-26-32-14-6-7-19-37(32)47(45)33-15-4-3-5-16-33)35-18-12-17-34(30-35)38-22-13-23-42-41-21-9-11-25-46(41)51-48(38)42/h3-7,9-19,21-31H,8,20H2,1-2H3. The fraction of sp³-hybridized carbons (Fsp3) is 0.102. The van der Waals surface area contributed by atoms with Gasteiger partial charge in [0.25, 0.3) is 0 Å². The summed E-state index contributed by atoms with van der Waals surface area (Å²) in [5.41, 5.74) is 14.2. The molecule has 0 atom stereocenters. The molecular formula is C49H37NS. The number of benzene rings is 7. The van der Waals surface area contributed by atoms with Crippen LogP contribution in [0.5, 0.6) is 0 Å². The Morgan fingerprint density at radius 1 is 0.588 bits per heavy atom. The van der Waals surface area contributed by atoms with Crippen LogP contribution in [0.1, 0.15) is 37.8 Å². The van der Waals surface area contributed by atoms with E-state index in [1.54, 1.807) is 0 Å². The van der Waals surface area contributed by atoms with Crippen molar-refractivity contribution in [2.45, 2.75) is 32.1 Å². The third-order valence-electron chi connectivity index (χ3n) is 11.1. The molecule has 244 valence electrons. The van der Waals surface area contributed by atoms with Crippen molar-refractivity contribution >= 4 is 64.9 Å². The first-order chi connectivity index (χ1) is 25.1. The van der Waals surface area contributed by atoms with Crippen LogP contribution in [0.3, 0.4) is 0 Å². The smallest absolute Gasteiger partial charge is 0.0546 e. The van der Waals surface area contributed by atoms with Crippen molar-refractivity contribution in [1.82, 2.24) is 0 Å². The van der Waals surface area contributed by atoms with Crippen molar-refractivity contribution in [2.75, 3.05) is 4.90 Å². The summed E-state index contributed by atoms with van der Waals surface area (Å²) in [6.45, 7) is 4.80. The second kappa shape index (κ2) is 11.7. The van der Waals surface area contributed by atoms with E-state index in [1.165, 1.54) is 86.8 Å². The van der Waals surface area contributed by atoms with Gasteiger partial charge in [-0.3, -0.25) is 0 Å². The molecule has 0 amide bonds. The number of fused-ring (bicyclic) bond motifs is 6. The molecule has 1 aromatic heterocycles. The molecule has 0 fully saturated rings. The summed E-state index contributed by atoms with van der Waals surface area (Å²) in [5, 5.41) is 5.14. The van der Waals surface area contributed by atoms with Crippen LogP contribution in [-0.4, -0.2) is 0 Å². The average molecular weight is 672 g/mol. The molecule has 0 spiro atoms. The Morgan fingerprint density at radius 2 is 1.33 bits per heavy atom. The van der Waals surface area contributed by atoms with Gasteiger partial charge in [-0.2, -0.15) is 0 Å². The quantitative estimate of drug-likeness (QED) is 0.176. The summed E-state index contributed by atoms with van der Waals surface area (Å²) < 4.78 is 2.66. The molecule has 0 saturated heterocycles. The molecule has 1 heterocycles. The van der Waals surface area contributed by atoms with Crippen LogP contribution in [0.2, 0.25) is 0 Å². The van der Waals surface area contributed by atoms with Gasteiger partial charge in [-0.1, -0.05) is 141 Å². The maximum atomic E-state index is 2.51. The lowest BCUT2D eigenvalue weighted by Gasteiger charge is -2.31. The van der Waals surface area contributed by atoms with Crippen LogP contribution in [0, 0.1) is 0 Å². The molecule has 0 N–H and O–H groups in total. The number of nitrogens with zero attached hydrogens (tertiary/aromatic N) is 1. The van der Waals surface area contributed by atoms with Gasteiger partial charge >= 0.3 is 0 Å². The molecule has 0 aliphatic heterocycles. The monoisotopic (exact) mass is 671 g/mol. The molecule has 0 bridgehead atoms. The van der Waals surface area contributed by atoms with Crippen molar-refractivity contribution in [2.24, 2.45) is 0 Å². The van der Waals surface area contributed by atoms with Crippen molar-refractivity contribution in [3.05, 3.63) is 181 Å². The van der Waals surface area contributed by atoms with Gasteiger partial charge in [-0.25, -0.2) is 0 Å². The Labute approximate surface area is 303 Å². The summed E-state index contributed by atoms with van der Waals surface area (Å²) in [6.07, 6.45) is 6.95. The van der Waals surface area contributed by atoms with E-state index in [0.717, 1.165) is 18.5 Å². The summed E-state index contributed by atoms with van der Waals surface area (Å²) in [6, 6.07) is 56.3. The topological polar surface area (TPSA) is 3.24 Å². The first-order valence-corrected chi connectivity index (χ1v) is 18.8. The molecule has 8 aromatic rings. The summed E-state index contributed by atoms with van der Waals surface area (Å²) in [7, 11) is 0. The number of hydrogen-bond acceptors (Lipinski definition) is 2. The zero-order valence-electron chi connectivity index (χ0n) is 28.9. The molecule has 0 radical (unpaired) electrons. The third-order valence-corrected chi connectivity index (χ3v) is 12.4. The van der Waals surface area contributed by atoms with E-state index in [4.69, 9.17) is 0 Å². The van der Waals surface area contributed by atoms with Crippen LogP contribution in [0.4, 0.5) is 17.1 Å². The molecule has 2 aliphatic rings. The highest BCUT2D eigenvalue weighted by Gasteiger charge is 2.37. The number of hydrogen-bond donors (Lipinski definition) is 0. The Bertz CT molecular complexity index is 2720. The number of anilines is 3. The largest absolute Gasteiger partial charge is 0.310 e. The van der Waals surface area contributed by atoms with Crippen LogP contribution in [0.15, 0.2) is 169 Å². The molecule has 0 saturated carbocycles. The van der Waals surface area contributed by atoms with Gasteiger partial charge in [0.1, 0.15) is 0 Å².